The van der Waals surface area contributed by atoms with Gasteiger partial charge in [0.1, 0.15) is 0 Å². The molecule has 1 aromatic rings. The molecular formula is C12H14F3NO2. The smallest absolute Gasteiger partial charge is 0.396 e. The van der Waals surface area contributed by atoms with Crippen LogP contribution in [-0.2, 0) is 11.2 Å². The maximum Gasteiger partial charge on any atom is 0.471 e. The second-order valence-electron chi connectivity index (χ2n) is 3.92. The quantitative estimate of drug-likeness (QED) is 0.874. The number of hydrogen-bond acceptors (Lipinski definition) is 2. The van der Waals surface area contributed by atoms with Crippen LogP contribution in [0.2, 0.25) is 0 Å². The van der Waals surface area contributed by atoms with E-state index < -0.39 is 12.1 Å². The molecule has 0 heterocycles. The molecule has 0 spiro atoms. The van der Waals surface area contributed by atoms with Crippen LogP contribution in [0.15, 0.2) is 18.2 Å². The molecule has 6 heteroatoms. The molecule has 100 valence electrons. The Morgan fingerprint density at radius 1 is 1.39 bits per heavy atom. The Bertz CT molecular complexity index is 430. The van der Waals surface area contributed by atoms with Gasteiger partial charge in [0.05, 0.1) is 0 Å². The molecule has 0 bridgehead atoms. The summed E-state index contributed by atoms with van der Waals surface area (Å²) in [6.07, 6.45) is -3.64. The molecule has 0 fully saturated rings. The Labute approximate surface area is 103 Å². The number of rotatable bonds is 4. The molecule has 18 heavy (non-hydrogen) atoms. The number of halogens is 3. The van der Waals surface area contributed by atoms with E-state index >= 15 is 0 Å². The van der Waals surface area contributed by atoms with Crippen LogP contribution in [0.5, 0.6) is 0 Å². The zero-order chi connectivity index (χ0) is 13.8. The second-order valence-corrected chi connectivity index (χ2v) is 3.92. The van der Waals surface area contributed by atoms with E-state index in [9.17, 15) is 18.0 Å². The molecule has 0 aromatic heterocycles. The summed E-state index contributed by atoms with van der Waals surface area (Å²) in [6, 6.07) is 4.55. The molecule has 0 atom stereocenters. The number of anilines is 1. The number of aryl methyl sites for hydroxylation is 2. The number of nitrogens with one attached hydrogen (secondary N) is 1. The van der Waals surface area contributed by atoms with Crippen molar-refractivity contribution in [3.63, 3.8) is 0 Å². The lowest BCUT2D eigenvalue weighted by Crippen LogP contribution is -2.29. The van der Waals surface area contributed by atoms with Gasteiger partial charge in [0.2, 0.25) is 0 Å². The maximum atomic E-state index is 12.0. The number of aliphatic hydroxyl groups excluding tert-OH is 1. The third-order valence-electron chi connectivity index (χ3n) is 2.46. The van der Waals surface area contributed by atoms with Crippen molar-refractivity contribution in [1.29, 1.82) is 0 Å². The van der Waals surface area contributed by atoms with Crippen molar-refractivity contribution in [2.24, 2.45) is 0 Å². The lowest BCUT2D eigenvalue weighted by Gasteiger charge is -2.10. The van der Waals surface area contributed by atoms with Crippen molar-refractivity contribution >= 4 is 11.6 Å². The molecule has 1 amide bonds. The predicted molar refractivity (Wildman–Crippen MR) is 61.3 cm³/mol. The summed E-state index contributed by atoms with van der Waals surface area (Å²) in [4.78, 5) is 10.7. The van der Waals surface area contributed by atoms with Crippen LogP contribution in [0.3, 0.4) is 0 Å². The molecule has 0 saturated carbocycles. The minimum Gasteiger partial charge on any atom is -0.396 e. The molecule has 0 aliphatic rings. The Balaban J connectivity index is 2.75. The van der Waals surface area contributed by atoms with Crippen LogP contribution in [-0.4, -0.2) is 23.8 Å². The summed E-state index contributed by atoms with van der Waals surface area (Å²) in [5.41, 5.74) is 1.83. The van der Waals surface area contributed by atoms with E-state index in [0.29, 0.717) is 12.8 Å². The lowest BCUT2D eigenvalue weighted by atomic mass is 10.0. The van der Waals surface area contributed by atoms with E-state index in [1.54, 1.807) is 18.3 Å². The maximum absolute atomic E-state index is 12.0. The Morgan fingerprint density at radius 2 is 2.06 bits per heavy atom. The zero-order valence-corrected chi connectivity index (χ0v) is 9.84. The van der Waals surface area contributed by atoms with Gasteiger partial charge in [0, 0.05) is 12.3 Å². The highest BCUT2D eigenvalue weighted by atomic mass is 19.4. The predicted octanol–water partition coefficient (Wildman–Crippen LogP) is 2.42. The summed E-state index contributed by atoms with van der Waals surface area (Å²) in [6.45, 7) is 1.81. The first-order valence-electron chi connectivity index (χ1n) is 5.43. The normalized spacial score (nSPS) is 11.4. The average molecular weight is 261 g/mol. The van der Waals surface area contributed by atoms with Crippen LogP contribution in [0, 0.1) is 6.92 Å². The first-order valence-corrected chi connectivity index (χ1v) is 5.43. The fourth-order valence-electron chi connectivity index (χ4n) is 1.53. The van der Waals surface area contributed by atoms with E-state index in [2.05, 4.69) is 0 Å². The van der Waals surface area contributed by atoms with Gasteiger partial charge in [-0.2, -0.15) is 13.2 Å². The van der Waals surface area contributed by atoms with Crippen molar-refractivity contribution in [3.05, 3.63) is 29.3 Å². The number of amides is 1. The highest BCUT2D eigenvalue weighted by Gasteiger charge is 2.38. The van der Waals surface area contributed by atoms with Crippen LogP contribution in [0.4, 0.5) is 18.9 Å². The van der Waals surface area contributed by atoms with Gasteiger partial charge in [0.15, 0.2) is 0 Å². The molecule has 0 radical (unpaired) electrons. The molecule has 0 saturated heterocycles. The summed E-state index contributed by atoms with van der Waals surface area (Å²) in [5.74, 6) is -1.98. The SMILES string of the molecule is Cc1cc(NC(=O)C(F)(F)F)ccc1CCCO. The lowest BCUT2D eigenvalue weighted by molar-refractivity contribution is -0.167. The van der Waals surface area contributed by atoms with E-state index in [0.717, 1.165) is 11.1 Å². The van der Waals surface area contributed by atoms with Crippen molar-refractivity contribution in [1.82, 2.24) is 0 Å². The zero-order valence-electron chi connectivity index (χ0n) is 9.84. The summed E-state index contributed by atoms with van der Waals surface area (Å²) >= 11 is 0. The summed E-state index contributed by atoms with van der Waals surface area (Å²) in [7, 11) is 0. The van der Waals surface area contributed by atoms with Crippen molar-refractivity contribution in [3.8, 4) is 0 Å². The van der Waals surface area contributed by atoms with Crippen LogP contribution >= 0.6 is 0 Å². The van der Waals surface area contributed by atoms with Crippen molar-refractivity contribution < 1.29 is 23.1 Å². The number of alkyl halides is 3. The van der Waals surface area contributed by atoms with Gasteiger partial charge >= 0.3 is 12.1 Å². The molecule has 1 aromatic carbocycles. The molecule has 0 aliphatic carbocycles. The van der Waals surface area contributed by atoms with Gasteiger partial charge in [-0.15, -0.1) is 0 Å². The minimum atomic E-state index is -4.89. The van der Waals surface area contributed by atoms with E-state index in [1.807, 2.05) is 0 Å². The average Bonchev–Trinajstić information content (AvgIpc) is 2.26. The van der Waals surface area contributed by atoms with Gasteiger partial charge in [-0.1, -0.05) is 6.07 Å². The van der Waals surface area contributed by atoms with Gasteiger partial charge in [-0.3, -0.25) is 4.79 Å². The van der Waals surface area contributed by atoms with E-state index in [1.165, 1.54) is 12.1 Å². The molecule has 0 unspecified atom stereocenters. The fourth-order valence-corrected chi connectivity index (χ4v) is 1.53. The number of hydrogen-bond donors (Lipinski definition) is 2. The Hall–Kier alpha value is -1.56. The second kappa shape index (κ2) is 5.86. The van der Waals surface area contributed by atoms with Gasteiger partial charge in [0.25, 0.3) is 0 Å². The highest BCUT2D eigenvalue weighted by molar-refractivity contribution is 5.94. The topological polar surface area (TPSA) is 49.3 Å². The Kier molecular flexibility index (Phi) is 4.72. The van der Waals surface area contributed by atoms with Crippen molar-refractivity contribution in [2.45, 2.75) is 25.9 Å². The summed E-state index contributed by atoms with van der Waals surface area (Å²) < 4.78 is 36.1. The van der Waals surface area contributed by atoms with Gasteiger partial charge in [-0.25, -0.2) is 0 Å². The third kappa shape index (κ3) is 4.03. The van der Waals surface area contributed by atoms with E-state index in [-0.39, 0.29) is 12.3 Å². The number of carbonyl (C=O) groups excluding carboxylic acids is 1. The van der Waals surface area contributed by atoms with E-state index in [4.69, 9.17) is 5.11 Å². The van der Waals surface area contributed by atoms with Crippen molar-refractivity contribution in [2.75, 3.05) is 11.9 Å². The standard InChI is InChI=1S/C12H14F3NO2/c1-8-7-10(16-11(18)12(13,14)15)5-4-9(8)3-2-6-17/h4-5,7,17H,2-3,6H2,1H3,(H,16,18). The Morgan fingerprint density at radius 3 is 2.56 bits per heavy atom. The highest BCUT2D eigenvalue weighted by Crippen LogP contribution is 2.20. The third-order valence-corrected chi connectivity index (χ3v) is 2.46. The number of aliphatic hydroxyl groups is 1. The number of benzene rings is 1. The fraction of sp³-hybridized carbons (Fsp3) is 0.417. The molecule has 1 rings (SSSR count). The van der Waals surface area contributed by atoms with Crippen LogP contribution in [0.1, 0.15) is 17.5 Å². The molecule has 0 aliphatic heterocycles. The molecule has 2 N–H and O–H groups in total. The minimum absolute atomic E-state index is 0.0615. The summed E-state index contributed by atoms with van der Waals surface area (Å²) in [5, 5.41) is 10.5. The van der Waals surface area contributed by atoms with Gasteiger partial charge < -0.3 is 10.4 Å². The number of carbonyl (C=O) groups is 1. The van der Waals surface area contributed by atoms with Gasteiger partial charge in [-0.05, 0) is 43.0 Å². The largest absolute Gasteiger partial charge is 0.471 e. The first kappa shape index (κ1) is 14.5. The molecular weight excluding hydrogens is 247 g/mol. The first-order chi connectivity index (χ1) is 8.34. The molecule has 3 nitrogen and oxygen atoms in total. The van der Waals surface area contributed by atoms with Crippen LogP contribution < -0.4 is 5.32 Å². The van der Waals surface area contributed by atoms with Crippen LogP contribution in [0.25, 0.3) is 0 Å². The monoisotopic (exact) mass is 261 g/mol.